The van der Waals surface area contributed by atoms with Crippen LogP contribution in [0, 0.1) is 0 Å². The smallest absolute Gasteiger partial charge is 0.223 e. The van der Waals surface area contributed by atoms with Gasteiger partial charge in [-0.15, -0.1) is 0 Å². The van der Waals surface area contributed by atoms with Crippen molar-refractivity contribution in [2.45, 2.75) is 32.7 Å². The molecule has 0 atom stereocenters. The average Bonchev–Trinajstić information content (AvgIpc) is 2.38. The molecule has 0 fully saturated rings. The number of hydrogen-bond donors (Lipinski definition) is 1. The van der Waals surface area contributed by atoms with Crippen molar-refractivity contribution >= 4 is 11.6 Å². The molecule has 0 unspecified atom stereocenters. The van der Waals surface area contributed by atoms with Gasteiger partial charge in [-0.1, -0.05) is 12.1 Å². The molecule has 1 rings (SSSR count). The zero-order chi connectivity index (χ0) is 14.3. The number of methoxy groups -OCH3 is 1. The quantitative estimate of drug-likeness (QED) is 0.767. The van der Waals surface area contributed by atoms with E-state index in [-0.39, 0.29) is 11.9 Å². The molecule has 106 valence electrons. The predicted octanol–water partition coefficient (Wildman–Crippen LogP) is 2.08. The summed E-state index contributed by atoms with van der Waals surface area (Å²) in [5.41, 5.74) is 7.52. The van der Waals surface area contributed by atoms with E-state index in [2.05, 4.69) is 0 Å². The number of rotatable bonds is 7. The van der Waals surface area contributed by atoms with Gasteiger partial charge in [0.05, 0.1) is 6.61 Å². The first-order chi connectivity index (χ1) is 9.04. The Labute approximate surface area is 115 Å². The van der Waals surface area contributed by atoms with Gasteiger partial charge < -0.3 is 15.4 Å². The van der Waals surface area contributed by atoms with Crippen LogP contribution in [0.15, 0.2) is 24.3 Å². The van der Waals surface area contributed by atoms with Gasteiger partial charge in [0.15, 0.2) is 0 Å². The molecule has 0 heterocycles. The maximum Gasteiger partial charge on any atom is 0.223 e. The highest BCUT2D eigenvalue weighted by molar-refractivity contribution is 5.76. The lowest BCUT2D eigenvalue weighted by molar-refractivity contribution is -0.133. The van der Waals surface area contributed by atoms with Gasteiger partial charge in [-0.05, 0) is 38.0 Å². The maximum atomic E-state index is 12.2. The minimum absolute atomic E-state index is 0.170. The lowest BCUT2D eigenvalue weighted by Gasteiger charge is -2.26. The second-order valence-corrected chi connectivity index (χ2v) is 4.92. The van der Waals surface area contributed by atoms with Crippen LogP contribution in [0.2, 0.25) is 0 Å². The summed E-state index contributed by atoms with van der Waals surface area (Å²) in [5.74, 6) is 0.170. The fraction of sp³-hybridized carbons (Fsp3) is 0.533. The molecule has 1 aromatic carbocycles. The summed E-state index contributed by atoms with van der Waals surface area (Å²) in [6.45, 7) is 5.27. The van der Waals surface area contributed by atoms with E-state index >= 15 is 0 Å². The van der Waals surface area contributed by atoms with Crippen LogP contribution in [-0.2, 0) is 16.0 Å². The number of anilines is 1. The highest BCUT2D eigenvalue weighted by Crippen LogP contribution is 2.10. The van der Waals surface area contributed by atoms with Gasteiger partial charge in [-0.25, -0.2) is 0 Å². The van der Waals surface area contributed by atoms with E-state index < -0.39 is 0 Å². The van der Waals surface area contributed by atoms with E-state index in [1.807, 2.05) is 43.0 Å². The third-order valence-corrected chi connectivity index (χ3v) is 3.09. The van der Waals surface area contributed by atoms with Crippen LogP contribution in [-0.4, -0.2) is 37.1 Å². The number of nitrogen functional groups attached to an aromatic ring is 1. The van der Waals surface area contributed by atoms with Crippen LogP contribution in [0.3, 0.4) is 0 Å². The Morgan fingerprint density at radius 3 is 2.47 bits per heavy atom. The number of carbonyl (C=O) groups is 1. The summed E-state index contributed by atoms with van der Waals surface area (Å²) in [7, 11) is 1.65. The molecule has 19 heavy (non-hydrogen) atoms. The van der Waals surface area contributed by atoms with E-state index in [4.69, 9.17) is 10.5 Å². The molecule has 0 aromatic heterocycles. The second-order valence-electron chi connectivity index (χ2n) is 4.92. The lowest BCUT2D eigenvalue weighted by Crippen LogP contribution is -2.39. The molecule has 0 spiro atoms. The number of hydrogen-bond acceptors (Lipinski definition) is 3. The van der Waals surface area contributed by atoms with Crippen molar-refractivity contribution < 1.29 is 9.53 Å². The number of nitrogens with two attached hydrogens (primary N) is 1. The Kier molecular flexibility index (Phi) is 6.36. The third kappa shape index (κ3) is 5.30. The zero-order valence-electron chi connectivity index (χ0n) is 12.1. The van der Waals surface area contributed by atoms with Crippen LogP contribution in [0.1, 0.15) is 25.8 Å². The minimum atomic E-state index is 0.170. The molecule has 0 saturated carbocycles. The van der Waals surface area contributed by atoms with Gasteiger partial charge in [-0.2, -0.15) is 0 Å². The Morgan fingerprint density at radius 1 is 1.32 bits per heavy atom. The van der Waals surface area contributed by atoms with Crippen molar-refractivity contribution in [3.63, 3.8) is 0 Å². The molecule has 1 aromatic rings. The summed E-state index contributed by atoms with van der Waals surface area (Å²) in [5, 5.41) is 0. The largest absolute Gasteiger partial charge is 0.399 e. The van der Waals surface area contributed by atoms with E-state index in [1.54, 1.807) is 7.11 Å². The van der Waals surface area contributed by atoms with Gasteiger partial charge in [-0.3, -0.25) is 4.79 Å². The number of aryl methyl sites for hydroxylation is 1. The number of nitrogens with zero attached hydrogens (tertiary/aromatic N) is 1. The molecular weight excluding hydrogens is 240 g/mol. The fourth-order valence-electron chi connectivity index (χ4n) is 1.94. The topological polar surface area (TPSA) is 55.6 Å². The minimum Gasteiger partial charge on any atom is -0.399 e. The molecule has 4 heteroatoms. The van der Waals surface area contributed by atoms with Gasteiger partial charge in [0.25, 0.3) is 0 Å². The summed E-state index contributed by atoms with van der Waals surface area (Å²) in [6, 6.07) is 7.87. The first-order valence-corrected chi connectivity index (χ1v) is 6.67. The van der Waals surface area contributed by atoms with E-state index in [0.717, 1.165) is 17.7 Å². The third-order valence-electron chi connectivity index (χ3n) is 3.09. The summed E-state index contributed by atoms with van der Waals surface area (Å²) in [4.78, 5) is 14.0. The van der Waals surface area contributed by atoms with Crippen molar-refractivity contribution in [1.29, 1.82) is 0 Å². The molecule has 2 N–H and O–H groups in total. The number of benzene rings is 1. The Hall–Kier alpha value is -1.55. The molecule has 0 bridgehead atoms. The molecule has 0 aliphatic heterocycles. The van der Waals surface area contributed by atoms with Gasteiger partial charge in [0.2, 0.25) is 5.91 Å². The summed E-state index contributed by atoms with van der Waals surface area (Å²) < 4.78 is 5.04. The maximum absolute atomic E-state index is 12.2. The van der Waals surface area contributed by atoms with Crippen molar-refractivity contribution in [1.82, 2.24) is 4.90 Å². The predicted molar refractivity (Wildman–Crippen MR) is 77.9 cm³/mol. The molecule has 0 radical (unpaired) electrons. The van der Waals surface area contributed by atoms with Crippen molar-refractivity contribution in [2.24, 2.45) is 0 Å². The first-order valence-electron chi connectivity index (χ1n) is 6.67. The van der Waals surface area contributed by atoms with Crippen LogP contribution in [0.25, 0.3) is 0 Å². The van der Waals surface area contributed by atoms with E-state index in [9.17, 15) is 4.79 Å². The highest BCUT2D eigenvalue weighted by atomic mass is 16.5. The van der Waals surface area contributed by atoms with Crippen LogP contribution in [0.4, 0.5) is 5.69 Å². The highest BCUT2D eigenvalue weighted by Gasteiger charge is 2.16. The molecule has 4 nitrogen and oxygen atoms in total. The molecule has 0 aliphatic carbocycles. The van der Waals surface area contributed by atoms with Gasteiger partial charge >= 0.3 is 0 Å². The van der Waals surface area contributed by atoms with Crippen LogP contribution in [0.5, 0.6) is 0 Å². The molecule has 0 aliphatic rings. The lowest BCUT2D eigenvalue weighted by atomic mass is 10.1. The number of carbonyl (C=O) groups excluding carboxylic acids is 1. The standard InChI is InChI=1S/C15H24N2O2/c1-12(2)17(10-11-19-3)15(18)9-6-13-4-7-14(16)8-5-13/h4-5,7-8,12H,6,9-11,16H2,1-3H3. The molecular formula is C15H24N2O2. The molecule has 1 amide bonds. The average molecular weight is 264 g/mol. The van der Waals surface area contributed by atoms with Gasteiger partial charge in [0, 0.05) is 31.8 Å². The Balaban J connectivity index is 2.49. The second kappa shape index (κ2) is 7.79. The van der Waals surface area contributed by atoms with E-state index in [1.165, 1.54) is 0 Å². The monoisotopic (exact) mass is 264 g/mol. The number of amides is 1. The number of ether oxygens (including phenoxy) is 1. The summed E-state index contributed by atoms with van der Waals surface area (Å²) >= 11 is 0. The van der Waals surface area contributed by atoms with Crippen LogP contribution >= 0.6 is 0 Å². The summed E-state index contributed by atoms with van der Waals surface area (Å²) in [6.07, 6.45) is 1.27. The SMILES string of the molecule is COCCN(C(=O)CCc1ccc(N)cc1)C(C)C. The van der Waals surface area contributed by atoms with Crippen molar-refractivity contribution in [3.8, 4) is 0 Å². The normalized spacial score (nSPS) is 10.7. The first kappa shape index (κ1) is 15.5. The fourth-order valence-corrected chi connectivity index (χ4v) is 1.94. The molecule has 0 saturated heterocycles. The zero-order valence-corrected chi connectivity index (χ0v) is 12.1. The Morgan fingerprint density at radius 2 is 1.95 bits per heavy atom. The van der Waals surface area contributed by atoms with E-state index in [0.29, 0.717) is 19.6 Å². The van der Waals surface area contributed by atoms with Crippen molar-refractivity contribution in [3.05, 3.63) is 29.8 Å². The Bertz CT molecular complexity index is 388. The van der Waals surface area contributed by atoms with Crippen LogP contribution < -0.4 is 5.73 Å². The van der Waals surface area contributed by atoms with Crippen molar-refractivity contribution in [2.75, 3.05) is 26.0 Å². The van der Waals surface area contributed by atoms with Gasteiger partial charge in [0.1, 0.15) is 0 Å².